The van der Waals surface area contributed by atoms with Crippen LogP contribution in [0.5, 0.6) is 0 Å². The Kier molecular flexibility index (Phi) is 6.65. The Bertz CT molecular complexity index is 830. The van der Waals surface area contributed by atoms with Crippen molar-refractivity contribution in [2.24, 2.45) is 0 Å². The first-order valence-corrected chi connectivity index (χ1v) is 8.26. The number of halogens is 1. The third-order valence-electron chi connectivity index (χ3n) is 3.23. The number of benzene rings is 2. The summed E-state index contributed by atoms with van der Waals surface area (Å²) in [6.45, 7) is 0.975. The number of esters is 1. The van der Waals surface area contributed by atoms with Gasteiger partial charge in [-0.1, -0.05) is 46.3 Å². The van der Waals surface area contributed by atoms with Crippen molar-refractivity contribution in [3.8, 4) is 0 Å². The van der Waals surface area contributed by atoms with E-state index in [9.17, 15) is 14.4 Å². The molecule has 128 valence electrons. The number of ether oxygens (including phenoxy) is 1. The van der Waals surface area contributed by atoms with Gasteiger partial charge in [0.15, 0.2) is 12.4 Å². The average molecular weight is 402 g/mol. The van der Waals surface area contributed by atoms with Crippen molar-refractivity contribution in [1.29, 1.82) is 0 Å². The highest BCUT2D eigenvalue weighted by Crippen LogP contribution is 2.17. The van der Waals surface area contributed by atoms with Crippen LogP contribution in [0.15, 0.2) is 59.1 Å². The summed E-state index contributed by atoms with van der Waals surface area (Å²) in [7, 11) is 0. The highest BCUT2D eigenvalue weighted by molar-refractivity contribution is 9.10. The molecule has 2 aromatic rings. The van der Waals surface area contributed by atoms with Gasteiger partial charge in [-0.05, 0) is 36.8 Å². The van der Waals surface area contributed by atoms with Crippen LogP contribution in [0.2, 0.25) is 0 Å². The maximum Gasteiger partial charge on any atom is 0.331 e. The number of anilines is 1. The minimum absolute atomic E-state index is 0.163. The highest BCUT2D eigenvalue weighted by Gasteiger charge is 2.10. The Balaban J connectivity index is 1.89. The van der Waals surface area contributed by atoms with Crippen molar-refractivity contribution in [2.45, 2.75) is 6.92 Å². The van der Waals surface area contributed by atoms with E-state index in [4.69, 9.17) is 4.74 Å². The fraction of sp³-hybridized carbons (Fsp3) is 0.105. The van der Waals surface area contributed by atoms with E-state index in [1.165, 1.54) is 13.0 Å². The van der Waals surface area contributed by atoms with Crippen LogP contribution >= 0.6 is 15.9 Å². The predicted molar refractivity (Wildman–Crippen MR) is 99.2 cm³/mol. The van der Waals surface area contributed by atoms with Gasteiger partial charge in [0.25, 0.3) is 5.91 Å². The average Bonchev–Trinajstić information content (AvgIpc) is 2.59. The van der Waals surface area contributed by atoms with E-state index in [2.05, 4.69) is 21.2 Å². The molecule has 5 nitrogen and oxygen atoms in total. The maximum absolute atomic E-state index is 11.9. The standard InChI is InChI=1S/C19H16BrNO4/c1-13(22)15-7-3-5-9-17(15)21-18(23)12-25-19(24)11-10-14-6-2-4-8-16(14)20/h2-11H,12H2,1H3,(H,21,23)/b11-10+. The van der Waals surface area contributed by atoms with Gasteiger partial charge in [-0.15, -0.1) is 0 Å². The van der Waals surface area contributed by atoms with Crippen LogP contribution in [0, 0.1) is 0 Å². The first kappa shape index (κ1) is 18.6. The van der Waals surface area contributed by atoms with E-state index >= 15 is 0 Å². The van der Waals surface area contributed by atoms with Gasteiger partial charge in [0.1, 0.15) is 0 Å². The molecular weight excluding hydrogens is 386 g/mol. The first-order chi connectivity index (χ1) is 12.0. The van der Waals surface area contributed by atoms with Crippen LogP contribution in [0.1, 0.15) is 22.8 Å². The van der Waals surface area contributed by atoms with Gasteiger partial charge in [0.2, 0.25) is 0 Å². The molecule has 0 bridgehead atoms. The maximum atomic E-state index is 11.9. The van der Waals surface area contributed by atoms with Gasteiger partial charge in [-0.25, -0.2) is 4.79 Å². The summed E-state index contributed by atoms with van der Waals surface area (Å²) in [4.78, 5) is 35.1. The molecule has 0 aromatic heterocycles. The second kappa shape index (κ2) is 8.94. The number of carbonyl (C=O) groups is 3. The minimum Gasteiger partial charge on any atom is -0.452 e. The van der Waals surface area contributed by atoms with Gasteiger partial charge in [0.05, 0.1) is 5.69 Å². The highest BCUT2D eigenvalue weighted by atomic mass is 79.9. The molecule has 0 saturated carbocycles. The third kappa shape index (κ3) is 5.69. The molecule has 0 atom stereocenters. The molecular formula is C19H16BrNO4. The minimum atomic E-state index is -0.634. The molecule has 0 saturated heterocycles. The van der Waals surface area contributed by atoms with E-state index in [0.717, 1.165) is 10.0 Å². The zero-order valence-corrected chi connectivity index (χ0v) is 15.1. The van der Waals surface area contributed by atoms with Crippen molar-refractivity contribution >= 4 is 45.4 Å². The number of hydrogen-bond donors (Lipinski definition) is 1. The Morgan fingerprint density at radius 2 is 1.76 bits per heavy atom. The molecule has 2 aromatic carbocycles. The van der Waals surface area contributed by atoms with Crippen LogP contribution in [-0.2, 0) is 14.3 Å². The molecule has 6 heteroatoms. The summed E-state index contributed by atoms with van der Waals surface area (Å²) < 4.78 is 5.74. The van der Waals surface area contributed by atoms with Crippen LogP contribution in [0.25, 0.3) is 6.08 Å². The molecule has 25 heavy (non-hydrogen) atoms. The van der Waals surface area contributed by atoms with Gasteiger partial charge >= 0.3 is 5.97 Å². The van der Waals surface area contributed by atoms with E-state index in [1.54, 1.807) is 30.3 Å². The number of para-hydroxylation sites is 1. The van der Waals surface area contributed by atoms with Crippen molar-refractivity contribution in [3.63, 3.8) is 0 Å². The number of carbonyl (C=O) groups excluding carboxylic acids is 3. The number of amides is 1. The summed E-state index contributed by atoms with van der Waals surface area (Å²) in [5.41, 5.74) is 1.61. The van der Waals surface area contributed by atoms with Crippen LogP contribution in [0.4, 0.5) is 5.69 Å². The lowest BCUT2D eigenvalue weighted by molar-refractivity contribution is -0.142. The Morgan fingerprint density at radius 1 is 1.08 bits per heavy atom. The van der Waals surface area contributed by atoms with E-state index in [0.29, 0.717) is 11.3 Å². The quantitative estimate of drug-likeness (QED) is 0.453. The van der Waals surface area contributed by atoms with Crippen molar-refractivity contribution < 1.29 is 19.1 Å². The Hall–Kier alpha value is -2.73. The van der Waals surface area contributed by atoms with Crippen molar-refractivity contribution in [1.82, 2.24) is 0 Å². The molecule has 0 fully saturated rings. The SMILES string of the molecule is CC(=O)c1ccccc1NC(=O)COC(=O)/C=C/c1ccccc1Br. The summed E-state index contributed by atoms with van der Waals surface area (Å²) in [5.74, 6) is -1.31. The second-order valence-corrected chi connectivity index (χ2v) is 5.97. The summed E-state index contributed by atoms with van der Waals surface area (Å²) in [6.07, 6.45) is 2.84. The number of nitrogens with one attached hydrogen (secondary N) is 1. The number of rotatable bonds is 6. The molecule has 0 aliphatic carbocycles. The second-order valence-electron chi connectivity index (χ2n) is 5.11. The number of Topliss-reactive ketones (excluding diaryl/α,β-unsaturated/α-hetero) is 1. The smallest absolute Gasteiger partial charge is 0.331 e. The Labute approximate surface area is 153 Å². The normalized spacial score (nSPS) is 10.5. The fourth-order valence-electron chi connectivity index (χ4n) is 2.04. The van der Waals surface area contributed by atoms with Gasteiger partial charge in [0, 0.05) is 16.1 Å². The molecule has 0 spiro atoms. The molecule has 0 radical (unpaired) electrons. The van der Waals surface area contributed by atoms with Crippen LogP contribution in [-0.4, -0.2) is 24.3 Å². The lowest BCUT2D eigenvalue weighted by atomic mass is 10.1. The summed E-state index contributed by atoms with van der Waals surface area (Å²) in [5, 5.41) is 2.56. The van der Waals surface area contributed by atoms with Crippen molar-refractivity contribution in [2.75, 3.05) is 11.9 Å². The van der Waals surface area contributed by atoms with Crippen molar-refractivity contribution in [3.05, 3.63) is 70.2 Å². The molecule has 0 unspecified atom stereocenters. The van der Waals surface area contributed by atoms with Crippen LogP contribution in [0.3, 0.4) is 0 Å². The van der Waals surface area contributed by atoms with E-state index in [-0.39, 0.29) is 5.78 Å². The molecule has 1 N–H and O–H groups in total. The lowest BCUT2D eigenvalue weighted by Crippen LogP contribution is -2.21. The van der Waals surface area contributed by atoms with Gasteiger partial charge < -0.3 is 10.1 Å². The zero-order chi connectivity index (χ0) is 18.2. The van der Waals surface area contributed by atoms with Crippen LogP contribution < -0.4 is 5.32 Å². The molecule has 2 rings (SSSR count). The van der Waals surface area contributed by atoms with Gasteiger partial charge in [-0.2, -0.15) is 0 Å². The van der Waals surface area contributed by atoms with E-state index in [1.807, 2.05) is 24.3 Å². The summed E-state index contributed by atoms with van der Waals surface area (Å²) >= 11 is 3.37. The zero-order valence-electron chi connectivity index (χ0n) is 13.5. The molecule has 1 amide bonds. The monoisotopic (exact) mass is 401 g/mol. The Morgan fingerprint density at radius 3 is 2.48 bits per heavy atom. The number of hydrogen-bond acceptors (Lipinski definition) is 4. The largest absolute Gasteiger partial charge is 0.452 e. The predicted octanol–water partition coefficient (Wildman–Crippen LogP) is 3.85. The van der Waals surface area contributed by atoms with Gasteiger partial charge in [-0.3, -0.25) is 9.59 Å². The van der Waals surface area contributed by atoms with E-state index < -0.39 is 18.5 Å². The lowest BCUT2D eigenvalue weighted by Gasteiger charge is -2.08. The molecule has 0 aliphatic rings. The fourth-order valence-corrected chi connectivity index (χ4v) is 2.46. The summed E-state index contributed by atoms with van der Waals surface area (Å²) in [6, 6.07) is 14.0. The topological polar surface area (TPSA) is 72.5 Å². The third-order valence-corrected chi connectivity index (χ3v) is 3.95. The molecule has 0 aliphatic heterocycles. The first-order valence-electron chi connectivity index (χ1n) is 7.46. The number of ketones is 1. The molecule has 0 heterocycles.